The Morgan fingerprint density at radius 3 is 2.78 bits per heavy atom. The van der Waals surface area contributed by atoms with Crippen LogP contribution in [-0.2, 0) is 11.2 Å². The molecule has 3 rings (SSSR count). The third-order valence-corrected chi connectivity index (χ3v) is 4.35. The Bertz CT molecular complexity index is 796. The summed E-state index contributed by atoms with van der Waals surface area (Å²) in [5.74, 6) is 0. The van der Waals surface area contributed by atoms with Gasteiger partial charge in [-0.05, 0) is 25.3 Å². The molecule has 0 aliphatic carbocycles. The van der Waals surface area contributed by atoms with Crippen molar-refractivity contribution in [2.75, 3.05) is 6.61 Å². The van der Waals surface area contributed by atoms with Crippen LogP contribution in [0.1, 0.15) is 30.2 Å². The number of benzene rings is 1. The second kappa shape index (κ2) is 6.14. The van der Waals surface area contributed by atoms with E-state index < -0.39 is 17.5 Å². The Kier molecular flexibility index (Phi) is 4.19. The van der Waals surface area contributed by atoms with Crippen LogP contribution in [0.4, 0.5) is 0 Å². The van der Waals surface area contributed by atoms with E-state index in [9.17, 15) is 14.7 Å². The average molecular weight is 316 g/mol. The van der Waals surface area contributed by atoms with Crippen molar-refractivity contribution in [2.45, 2.75) is 38.0 Å². The number of nitrogens with one attached hydrogen (secondary N) is 1. The van der Waals surface area contributed by atoms with Crippen molar-refractivity contribution < 1.29 is 9.84 Å². The van der Waals surface area contributed by atoms with E-state index in [-0.39, 0.29) is 12.2 Å². The molecule has 2 aromatic rings. The van der Waals surface area contributed by atoms with Gasteiger partial charge < -0.3 is 9.84 Å². The predicted octanol–water partition coefficient (Wildman–Crippen LogP) is 1.13. The van der Waals surface area contributed by atoms with Crippen molar-refractivity contribution in [3.05, 3.63) is 68.5 Å². The number of hydrogen-bond acceptors (Lipinski definition) is 4. The minimum atomic E-state index is -0.699. The number of nitrogens with zero attached hydrogens (tertiary/aromatic N) is 1. The molecule has 0 bridgehead atoms. The summed E-state index contributed by atoms with van der Waals surface area (Å²) in [5, 5.41) is 9.84. The molecule has 1 aromatic carbocycles. The second-order valence-electron chi connectivity index (χ2n) is 6.09. The average Bonchev–Trinajstić information content (AvgIpc) is 2.96. The van der Waals surface area contributed by atoms with Crippen LogP contribution in [0.5, 0.6) is 0 Å². The van der Waals surface area contributed by atoms with E-state index in [0.29, 0.717) is 24.8 Å². The first-order valence-electron chi connectivity index (χ1n) is 7.68. The summed E-state index contributed by atoms with van der Waals surface area (Å²) in [6, 6.07) is 9.82. The Hall–Kier alpha value is -2.18. The summed E-state index contributed by atoms with van der Waals surface area (Å²) in [4.78, 5) is 25.8. The Balaban J connectivity index is 1.85. The first kappa shape index (κ1) is 15.7. The molecule has 0 unspecified atom stereocenters. The van der Waals surface area contributed by atoms with Crippen molar-refractivity contribution in [3.63, 3.8) is 0 Å². The van der Waals surface area contributed by atoms with Crippen LogP contribution >= 0.6 is 0 Å². The molecule has 0 saturated carbocycles. The van der Waals surface area contributed by atoms with E-state index in [1.807, 2.05) is 30.3 Å². The van der Waals surface area contributed by atoms with Gasteiger partial charge in [-0.15, -0.1) is 0 Å². The molecule has 1 saturated heterocycles. The van der Waals surface area contributed by atoms with Crippen molar-refractivity contribution in [1.82, 2.24) is 9.55 Å². The van der Waals surface area contributed by atoms with Crippen LogP contribution in [0, 0.1) is 6.92 Å². The summed E-state index contributed by atoms with van der Waals surface area (Å²) in [7, 11) is 0. The Morgan fingerprint density at radius 1 is 1.35 bits per heavy atom. The quantitative estimate of drug-likeness (QED) is 0.885. The lowest BCUT2D eigenvalue weighted by molar-refractivity contribution is -0.0988. The molecule has 1 aromatic heterocycles. The van der Waals surface area contributed by atoms with Gasteiger partial charge in [0.1, 0.15) is 6.23 Å². The molecule has 6 heteroatoms. The molecule has 0 spiro atoms. The molecule has 0 radical (unpaired) electrons. The van der Waals surface area contributed by atoms with E-state index in [4.69, 9.17) is 4.74 Å². The van der Waals surface area contributed by atoms with Gasteiger partial charge in [-0.3, -0.25) is 14.3 Å². The smallest absolute Gasteiger partial charge is 0.330 e. The number of H-pyrrole nitrogens is 1. The van der Waals surface area contributed by atoms with Crippen molar-refractivity contribution in [2.24, 2.45) is 0 Å². The molecule has 122 valence electrons. The fourth-order valence-electron chi connectivity index (χ4n) is 3.06. The third kappa shape index (κ3) is 3.13. The number of hydrogen-bond donors (Lipinski definition) is 2. The highest BCUT2D eigenvalue weighted by molar-refractivity contribution is 5.18. The maximum Gasteiger partial charge on any atom is 0.330 e. The SMILES string of the molecule is Cc1cn([C@@H]2CC[C@@](CO)(Cc3ccccc3)O2)c(=O)[nH]c1=O. The number of rotatable bonds is 4. The van der Waals surface area contributed by atoms with Gasteiger partial charge in [0.2, 0.25) is 0 Å². The number of ether oxygens (including phenoxy) is 1. The molecule has 6 nitrogen and oxygen atoms in total. The molecule has 2 N–H and O–H groups in total. The monoisotopic (exact) mass is 316 g/mol. The second-order valence-corrected chi connectivity index (χ2v) is 6.09. The molecule has 0 amide bonds. The van der Waals surface area contributed by atoms with Crippen molar-refractivity contribution >= 4 is 0 Å². The molecular formula is C17H20N2O4. The van der Waals surface area contributed by atoms with E-state index in [1.165, 1.54) is 10.8 Å². The lowest BCUT2D eigenvalue weighted by Crippen LogP contribution is -2.38. The van der Waals surface area contributed by atoms with Crippen LogP contribution in [0.3, 0.4) is 0 Å². The van der Waals surface area contributed by atoms with E-state index in [0.717, 1.165) is 5.56 Å². The summed E-state index contributed by atoms with van der Waals surface area (Å²) in [6.45, 7) is 1.53. The van der Waals surface area contributed by atoms with Crippen LogP contribution in [-0.4, -0.2) is 26.9 Å². The molecule has 1 aliphatic rings. The van der Waals surface area contributed by atoms with Gasteiger partial charge in [0.15, 0.2) is 0 Å². The minimum Gasteiger partial charge on any atom is -0.393 e. The van der Waals surface area contributed by atoms with Gasteiger partial charge in [-0.1, -0.05) is 30.3 Å². The molecule has 2 heterocycles. The Labute approximate surface area is 133 Å². The van der Waals surface area contributed by atoms with Gasteiger partial charge in [0.25, 0.3) is 5.56 Å². The number of aliphatic hydroxyl groups excluding tert-OH is 1. The molecule has 1 fully saturated rings. The zero-order valence-corrected chi connectivity index (χ0v) is 13.0. The fraction of sp³-hybridized carbons (Fsp3) is 0.412. The summed E-state index contributed by atoms with van der Waals surface area (Å²) >= 11 is 0. The fourth-order valence-corrected chi connectivity index (χ4v) is 3.06. The number of aromatic nitrogens is 2. The van der Waals surface area contributed by atoms with Crippen LogP contribution in [0.15, 0.2) is 46.1 Å². The van der Waals surface area contributed by atoms with E-state index in [2.05, 4.69) is 4.98 Å². The first-order valence-corrected chi connectivity index (χ1v) is 7.68. The van der Waals surface area contributed by atoms with Crippen LogP contribution in [0.2, 0.25) is 0 Å². The lowest BCUT2D eigenvalue weighted by Gasteiger charge is -2.28. The highest BCUT2D eigenvalue weighted by Gasteiger charge is 2.41. The normalized spacial score (nSPS) is 24.0. The topological polar surface area (TPSA) is 84.3 Å². The van der Waals surface area contributed by atoms with Gasteiger partial charge in [0, 0.05) is 18.2 Å². The Morgan fingerprint density at radius 2 is 2.09 bits per heavy atom. The highest BCUT2D eigenvalue weighted by atomic mass is 16.5. The van der Waals surface area contributed by atoms with Crippen LogP contribution in [0.25, 0.3) is 0 Å². The van der Waals surface area contributed by atoms with E-state index in [1.54, 1.807) is 6.92 Å². The predicted molar refractivity (Wildman–Crippen MR) is 85.4 cm³/mol. The third-order valence-electron chi connectivity index (χ3n) is 4.35. The van der Waals surface area contributed by atoms with Crippen LogP contribution < -0.4 is 11.2 Å². The van der Waals surface area contributed by atoms with Gasteiger partial charge in [0.05, 0.1) is 12.2 Å². The largest absolute Gasteiger partial charge is 0.393 e. The van der Waals surface area contributed by atoms with Gasteiger partial charge in [-0.25, -0.2) is 4.79 Å². The zero-order chi connectivity index (χ0) is 16.4. The highest BCUT2D eigenvalue weighted by Crippen LogP contribution is 2.37. The maximum atomic E-state index is 12.0. The number of aryl methyl sites for hydroxylation is 1. The molecule has 23 heavy (non-hydrogen) atoms. The number of aromatic amines is 1. The standard InChI is InChI=1S/C17H20N2O4/c1-12-10-19(16(22)18-15(12)21)14-7-8-17(11-20,23-14)9-13-5-3-2-4-6-13/h2-6,10,14,20H,7-9,11H2,1H3,(H,18,21,22)/t14-,17-/m0/s1. The zero-order valence-electron chi connectivity index (χ0n) is 13.0. The molecular weight excluding hydrogens is 296 g/mol. The number of aliphatic hydroxyl groups is 1. The first-order chi connectivity index (χ1) is 11.0. The van der Waals surface area contributed by atoms with Gasteiger partial charge >= 0.3 is 5.69 Å². The van der Waals surface area contributed by atoms with Crippen molar-refractivity contribution in [1.29, 1.82) is 0 Å². The lowest BCUT2D eigenvalue weighted by atomic mass is 9.92. The van der Waals surface area contributed by atoms with Crippen molar-refractivity contribution in [3.8, 4) is 0 Å². The summed E-state index contributed by atoms with van der Waals surface area (Å²) in [5.41, 5.74) is -0.0406. The maximum absolute atomic E-state index is 12.0. The van der Waals surface area contributed by atoms with Gasteiger partial charge in [-0.2, -0.15) is 0 Å². The minimum absolute atomic E-state index is 0.116. The summed E-state index contributed by atoms with van der Waals surface area (Å²) < 4.78 is 7.46. The van der Waals surface area contributed by atoms with E-state index >= 15 is 0 Å². The molecule has 2 atom stereocenters. The summed E-state index contributed by atoms with van der Waals surface area (Å²) in [6.07, 6.45) is 2.88. The molecule has 1 aliphatic heterocycles.